The Hall–Kier alpha value is -2.95. The molecule has 2 N–H and O–H groups in total. The highest BCUT2D eigenvalue weighted by Gasteiger charge is 2.13. The Bertz CT molecular complexity index is 866. The lowest BCUT2D eigenvalue weighted by molar-refractivity contribution is -0.115. The van der Waals surface area contributed by atoms with Gasteiger partial charge in [-0.15, -0.1) is 0 Å². The van der Waals surface area contributed by atoms with E-state index in [4.69, 9.17) is 9.47 Å². The fourth-order valence-corrected chi connectivity index (χ4v) is 2.76. The number of aromatic amines is 1. The monoisotopic (exact) mass is 324 g/mol. The molecule has 0 bridgehead atoms. The van der Waals surface area contributed by atoms with Gasteiger partial charge >= 0.3 is 0 Å². The van der Waals surface area contributed by atoms with Crippen LogP contribution in [-0.4, -0.2) is 25.1 Å². The third kappa shape index (κ3) is 3.20. The van der Waals surface area contributed by atoms with Gasteiger partial charge in [0, 0.05) is 22.3 Å². The Morgan fingerprint density at radius 2 is 1.71 bits per heavy atom. The van der Waals surface area contributed by atoms with E-state index in [1.807, 2.05) is 49.4 Å². The normalized spacial score (nSPS) is 10.6. The van der Waals surface area contributed by atoms with Crippen molar-refractivity contribution in [1.82, 2.24) is 4.98 Å². The summed E-state index contributed by atoms with van der Waals surface area (Å²) in [5.74, 6) is 1.47. The SMILES string of the molecule is COc1ccc(NC(=O)Cc2c(C)[nH]c3ccc(OC)cc23)cc1. The maximum absolute atomic E-state index is 12.4. The van der Waals surface area contributed by atoms with Crippen molar-refractivity contribution in [3.63, 3.8) is 0 Å². The summed E-state index contributed by atoms with van der Waals surface area (Å²) in [4.78, 5) is 15.7. The van der Waals surface area contributed by atoms with Crippen LogP contribution in [-0.2, 0) is 11.2 Å². The lowest BCUT2D eigenvalue weighted by Gasteiger charge is -2.07. The minimum Gasteiger partial charge on any atom is -0.497 e. The first-order chi connectivity index (χ1) is 11.6. The zero-order chi connectivity index (χ0) is 17.1. The summed E-state index contributed by atoms with van der Waals surface area (Å²) < 4.78 is 10.4. The van der Waals surface area contributed by atoms with E-state index in [0.717, 1.165) is 39.3 Å². The molecule has 0 radical (unpaired) electrons. The van der Waals surface area contributed by atoms with E-state index in [1.165, 1.54) is 0 Å². The van der Waals surface area contributed by atoms with E-state index in [9.17, 15) is 4.79 Å². The van der Waals surface area contributed by atoms with Crippen LogP contribution < -0.4 is 14.8 Å². The first kappa shape index (κ1) is 15.9. The van der Waals surface area contributed by atoms with Gasteiger partial charge in [-0.2, -0.15) is 0 Å². The van der Waals surface area contributed by atoms with E-state index in [0.29, 0.717) is 6.42 Å². The van der Waals surface area contributed by atoms with Crippen LogP contribution in [0, 0.1) is 6.92 Å². The van der Waals surface area contributed by atoms with E-state index < -0.39 is 0 Å². The topological polar surface area (TPSA) is 63.3 Å². The Balaban J connectivity index is 1.80. The number of H-pyrrole nitrogens is 1. The molecule has 0 unspecified atom stereocenters. The van der Waals surface area contributed by atoms with Crippen LogP contribution in [0.25, 0.3) is 10.9 Å². The van der Waals surface area contributed by atoms with Gasteiger partial charge in [0.1, 0.15) is 11.5 Å². The quantitative estimate of drug-likeness (QED) is 0.752. The molecular weight excluding hydrogens is 304 g/mol. The molecule has 1 heterocycles. The molecule has 0 spiro atoms. The number of carbonyl (C=O) groups excluding carboxylic acids is 1. The summed E-state index contributed by atoms with van der Waals surface area (Å²) in [7, 11) is 3.25. The fourth-order valence-electron chi connectivity index (χ4n) is 2.76. The maximum atomic E-state index is 12.4. The minimum atomic E-state index is -0.0630. The van der Waals surface area contributed by atoms with Gasteiger partial charge in [0.15, 0.2) is 0 Å². The molecule has 0 saturated carbocycles. The third-order valence-corrected chi connectivity index (χ3v) is 4.04. The number of anilines is 1. The smallest absolute Gasteiger partial charge is 0.228 e. The van der Waals surface area contributed by atoms with Gasteiger partial charge in [-0.05, 0) is 55.0 Å². The van der Waals surface area contributed by atoms with Crippen LogP contribution >= 0.6 is 0 Å². The maximum Gasteiger partial charge on any atom is 0.228 e. The summed E-state index contributed by atoms with van der Waals surface area (Å²) in [5, 5.41) is 3.92. The number of fused-ring (bicyclic) bond motifs is 1. The zero-order valence-electron chi connectivity index (χ0n) is 14.0. The third-order valence-electron chi connectivity index (χ3n) is 4.04. The molecule has 2 aromatic carbocycles. The molecule has 5 nitrogen and oxygen atoms in total. The first-order valence-electron chi connectivity index (χ1n) is 7.70. The number of rotatable bonds is 5. The molecule has 5 heteroatoms. The average Bonchev–Trinajstić information content (AvgIpc) is 2.90. The summed E-state index contributed by atoms with van der Waals surface area (Å²) in [6.07, 6.45) is 0.297. The second-order valence-corrected chi connectivity index (χ2v) is 5.59. The van der Waals surface area contributed by atoms with Gasteiger partial charge in [-0.3, -0.25) is 4.79 Å². The van der Waals surface area contributed by atoms with Crippen LogP contribution in [0.15, 0.2) is 42.5 Å². The van der Waals surface area contributed by atoms with Crippen molar-refractivity contribution in [2.45, 2.75) is 13.3 Å². The van der Waals surface area contributed by atoms with Crippen molar-refractivity contribution in [3.8, 4) is 11.5 Å². The number of benzene rings is 2. The van der Waals surface area contributed by atoms with E-state index in [2.05, 4.69) is 10.3 Å². The number of hydrogen-bond donors (Lipinski definition) is 2. The van der Waals surface area contributed by atoms with Crippen molar-refractivity contribution < 1.29 is 14.3 Å². The highest BCUT2D eigenvalue weighted by molar-refractivity contribution is 5.96. The summed E-state index contributed by atoms with van der Waals surface area (Å²) in [5.41, 5.74) is 3.72. The lowest BCUT2D eigenvalue weighted by Crippen LogP contribution is -2.14. The predicted molar refractivity (Wildman–Crippen MR) is 94.9 cm³/mol. The van der Waals surface area contributed by atoms with Crippen LogP contribution in [0.1, 0.15) is 11.3 Å². The fraction of sp³-hybridized carbons (Fsp3) is 0.211. The molecule has 0 aliphatic carbocycles. The number of methoxy groups -OCH3 is 2. The molecule has 0 atom stereocenters. The van der Waals surface area contributed by atoms with Gasteiger partial charge in [0.05, 0.1) is 20.6 Å². The van der Waals surface area contributed by atoms with Gasteiger partial charge in [-0.1, -0.05) is 0 Å². The molecule has 3 aromatic rings. The Morgan fingerprint density at radius 1 is 1.04 bits per heavy atom. The van der Waals surface area contributed by atoms with Crippen molar-refractivity contribution in [2.24, 2.45) is 0 Å². The number of ether oxygens (including phenoxy) is 2. The first-order valence-corrected chi connectivity index (χ1v) is 7.70. The molecule has 124 valence electrons. The molecule has 1 amide bonds. The largest absolute Gasteiger partial charge is 0.497 e. The van der Waals surface area contributed by atoms with Gasteiger partial charge in [0.2, 0.25) is 5.91 Å². The second kappa shape index (κ2) is 6.66. The number of amides is 1. The molecule has 0 fully saturated rings. The van der Waals surface area contributed by atoms with Crippen LogP contribution in [0.2, 0.25) is 0 Å². The average molecular weight is 324 g/mol. The van der Waals surface area contributed by atoms with Gasteiger partial charge < -0.3 is 19.8 Å². The van der Waals surface area contributed by atoms with E-state index in [1.54, 1.807) is 14.2 Å². The van der Waals surface area contributed by atoms with E-state index >= 15 is 0 Å². The summed E-state index contributed by atoms with van der Waals surface area (Å²) >= 11 is 0. The standard InChI is InChI=1S/C19H20N2O3/c1-12-16(17-10-15(24-3)8-9-18(17)20-12)11-19(22)21-13-4-6-14(23-2)7-5-13/h4-10,20H,11H2,1-3H3,(H,21,22). The minimum absolute atomic E-state index is 0.0630. The number of hydrogen-bond acceptors (Lipinski definition) is 3. The molecule has 1 aromatic heterocycles. The molecule has 0 saturated heterocycles. The van der Waals surface area contributed by atoms with Crippen molar-refractivity contribution >= 4 is 22.5 Å². The van der Waals surface area contributed by atoms with Crippen molar-refractivity contribution in [1.29, 1.82) is 0 Å². The van der Waals surface area contributed by atoms with Crippen molar-refractivity contribution in [3.05, 3.63) is 53.7 Å². The van der Waals surface area contributed by atoms with Crippen LogP contribution in [0.3, 0.4) is 0 Å². The summed E-state index contributed by atoms with van der Waals surface area (Å²) in [6.45, 7) is 1.97. The Kier molecular flexibility index (Phi) is 4.42. The van der Waals surface area contributed by atoms with Crippen molar-refractivity contribution in [2.75, 3.05) is 19.5 Å². The Labute approximate surface area is 140 Å². The van der Waals surface area contributed by atoms with Crippen LogP contribution in [0.4, 0.5) is 5.69 Å². The number of carbonyl (C=O) groups is 1. The number of aryl methyl sites for hydroxylation is 1. The highest BCUT2D eigenvalue weighted by atomic mass is 16.5. The molecule has 0 aliphatic heterocycles. The predicted octanol–water partition coefficient (Wildman–Crippen LogP) is 3.67. The van der Waals surface area contributed by atoms with Gasteiger partial charge in [0.25, 0.3) is 0 Å². The summed E-state index contributed by atoms with van der Waals surface area (Å²) in [6, 6.07) is 13.1. The zero-order valence-corrected chi connectivity index (χ0v) is 14.0. The number of aromatic nitrogens is 1. The van der Waals surface area contributed by atoms with Gasteiger partial charge in [-0.25, -0.2) is 0 Å². The molecule has 24 heavy (non-hydrogen) atoms. The van der Waals surface area contributed by atoms with Crippen LogP contribution in [0.5, 0.6) is 11.5 Å². The van der Waals surface area contributed by atoms with E-state index in [-0.39, 0.29) is 5.91 Å². The highest BCUT2D eigenvalue weighted by Crippen LogP contribution is 2.27. The second-order valence-electron chi connectivity index (χ2n) is 5.59. The lowest BCUT2D eigenvalue weighted by atomic mass is 10.1. The number of nitrogens with one attached hydrogen (secondary N) is 2. The molecule has 0 aliphatic rings. The molecule has 3 rings (SSSR count). The Morgan fingerprint density at radius 3 is 2.38 bits per heavy atom. The molecular formula is C19H20N2O3.